The second-order valence-corrected chi connectivity index (χ2v) is 39.8. The average molecular weight is 1500 g/mol. The number of aliphatic hydroxyl groups is 2. The first-order chi connectivity index (χ1) is 51.1. The molecule has 0 radical (unpaired) electrons. The Kier molecular flexibility index (Phi) is 34.5. The second-order valence-electron chi connectivity index (χ2n) is 39.8. The summed E-state index contributed by atoms with van der Waals surface area (Å²) in [7, 11) is 0. The Balaban J connectivity index is 0.000000155. The van der Waals surface area contributed by atoms with Crippen LogP contribution in [0.1, 0.15) is 354 Å². The molecule has 8 heterocycles. The largest absolute Gasteiger partial charge is 0.498 e. The minimum Gasteiger partial charge on any atom is -0.498 e. The fraction of sp³-hybridized carbons (Fsp3) is 0.904. The topological polar surface area (TPSA) is 166 Å². The number of aliphatic hydroxyl groups excluding tert-OH is 2. The summed E-state index contributed by atoms with van der Waals surface area (Å²) in [4.78, 5) is 33.1. The van der Waals surface area contributed by atoms with Gasteiger partial charge in [0.15, 0.2) is 5.78 Å². The highest BCUT2D eigenvalue weighted by Crippen LogP contribution is 2.55. The molecule has 13 heteroatoms. The van der Waals surface area contributed by atoms with Crippen LogP contribution in [-0.4, -0.2) is 124 Å². The molecule has 0 aromatic carbocycles. The van der Waals surface area contributed by atoms with Crippen LogP contribution in [0.2, 0.25) is 0 Å². The van der Waals surface area contributed by atoms with E-state index in [1.54, 1.807) is 18.6 Å². The van der Waals surface area contributed by atoms with Crippen LogP contribution in [-0.2, 0) is 52.3 Å². The summed E-state index contributed by atoms with van der Waals surface area (Å²) in [6, 6.07) is 0. The molecule has 8 aliphatic heterocycles. The molecule has 5 aliphatic carbocycles. The SMILES string of the molecule is CC(C)[C@@H]1CC[C@@H](C)CC12CCCC(CCO)O2.CC(C)[C@@H]1CC[C@@H](C)CC12CCC[C@@H](CC1CC(=O)C=CO1)O2.CC(C)[C@@H]1CC[C@@H](C)CC12CCC[C@@H](CC=O)O2.CC(C)[C@@H]1CC[C@@H](C)CC12CCC[C@@H](C[C@H]1CC(O)C=CO1)O2.CC(C)[C@@H]1CC[C@@H](C)CC12CCC[C@@H](C[C@H]1CC=C[C@@H](CC=O)O1)O2. The maximum absolute atomic E-state index is 11.6. The van der Waals surface area contributed by atoms with Crippen molar-refractivity contribution in [3.8, 4) is 0 Å². The van der Waals surface area contributed by atoms with Crippen LogP contribution in [0.25, 0.3) is 0 Å². The molecule has 614 valence electrons. The van der Waals surface area contributed by atoms with Gasteiger partial charge in [0.05, 0.1) is 89.4 Å². The number of hydrogen-bond acceptors (Lipinski definition) is 13. The normalized spacial score (nSPS) is 42.2. The number of aldehydes is 2. The molecule has 8 unspecified atom stereocenters. The fourth-order valence-corrected chi connectivity index (χ4v) is 24.7. The lowest BCUT2D eigenvalue weighted by atomic mass is 9.64. The Morgan fingerprint density at radius 1 is 0.421 bits per heavy atom. The quantitative estimate of drug-likeness (QED) is 0.104. The van der Waals surface area contributed by atoms with Gasteiger partial charge in [0.1, 0.15) is 24.8 Å². The first kappa shape index (κ1) is 88.5. The van der Waals surface area contributed by atoms with Crippen molar-refractivity contribution in [1.82, 2.24) is 0 Å². The molecule has 5 saturated carbocycles. The van der Waals surface area contributed by atoms with E-state index in [2.05, 4.69) is 110 Å². The monoisotopic (exact) mass is 1500 g/mol. The highest BCUT2D eigenvalue weighted by Gasteiger charge is 2.54. The Hall–Kier alpha value is -2.49. The highest BCUT2D eigenvalue weighted by molar-refractivity contribution is 5.90. The van der Waals surface area contributed by atoms with E-state index >= 15 is 0 Å². The van der Waals surface area contributed by atoms with Crippen molar-refractivity contribution in [2.75, 3.05) is 6.61 Å². The number of carbonyl (C=O) groups excluding carboxylic acids is 3. The van der Waals surface area contributed by atoms with Crippen molar-refractivity contribution in [2.45, 2.75) is 443 Å². The first-order valence-electron chi connectivity index (χ1n) is 45.2. The van der Waals surface area contributed by atoms with Gasteiger partial charge in [-0.05, 0) is 268 Å². The average Bonchev–Trinajstić information content (AvgIpc) is 0.800. The van der Waals surface area contributed by atoms with E-state index in [-0.39, 0.29) is 83.1 Å². The minimum absolute atomic E-state index is 0.00571. The predicted molar refractivity (Wildman–Crippen MR) is 432 cm³/mol. The van der Waals surface area contributed by atoms with E-state index in [4.69, 9.17) is 43.0 Å². The van der Waals surface area contributed by atoms with E-state index in [0.717, 1.165) is 112 Å². The first-order valence-corrected chi connectivity index (χ1v) is 45.2. The van der Waals surface area contributed by atoms with Crippen molar-refractivity contribution >= 4 is 18.4 Å². The van der Waals surface area contributed by atoms with Crippen molar-refractivity contribution in [3.63, 3.8) is 0 Å². The molecule has 2 N–H and O–H groups in total. The van der Waals surface area contributed by atoms with Gasteiger partial charge in [0.25, 0.3) is 0 Å². The highest BCUT2D eigenvalue weighted by atomic mass is 16.5. The molecule has 5 spiro atoms. The number of rotatable bonds is 17. The van der Waals surface area contributed by atoms with Gasteiger partial charge in [-0.3, -0.25) is 4.79 Å². The summed E-state index contributed by atoms with van der Waals surface area (Å²) < 4.78 is 50.9. The zero-order chi connectivity index (χ0) is 77.1. The van der Waals surface area contributed by atoms with Crippen molar-refractivity contribution in [2.24, 2.45) is 88.8 Å². The molecule has 107 heavy (non-hydrogen) atoms. The van der Waals surface area contributed by atoms with Crippen molar-refractivity contribution < 1.29 is 62.5 Å². The van der Waals surface area contributed by atoms with Crippen LogP contribution in [0, 0.1) is 88.8 Å². The number of hydrogen-bond donors (Lipinski definition) is 2. The van der Waals surface area contributed by atoms with Gasteiger partial charge in [-0.25, -0.2) is 0 Å². The summed E-state index contributed by atoms with van der Waals surface area (Å²) in [5.41, 5.74) is 0.476. The summed E-state index contributed by atoms with van der Waals surface area (Å²) in [6.07, 6.45) is 58.1. The zero-order valence-corrected chi connectivity index (χ0v) is 70.7. The molecule has 0 aromatic heterocycles. The molecule has 0 bridgehead atoms. The fourth-order valence-electron chi connectivity index (χ4n) is 24.7. The number of ketones is 1. The van der Waals surface area contributed by atoms with Crippen molar-refractivity contribution in [1.29, 1.82) is 0 Å². The Bertz CT molecular complexity index is 2720. The predicted octanol–water partition coefficient (Wildman–Crippen LogP) is 21.9. The third-order valence-corrected chi connectivity index (χ3v) is 29.2. The molecular weight excluding hydrogens is 1340 g/mol. The van der Waals surface area contributed by atoms with E-state index in [1.165, 1.54) is 167 Å². The zero-order valence-electron chi connectivity index (χ0n) is 70.7. The van der Waals surface area contributed by atoms with Crippen LogP contribution < -0.4 is 0 Å². The minimum atomic E-state index is -0.357. The third-order valence-electron chi connectivity index (χ3n) is 29.2. The lowest BCUT2D eigenvalue weighted by molar-refractivity contribution is -0.199. The van der Waals surface area contributed by atoms with Crippen LogP contribution >= 0.6 is 0 Å². The van der Waals surface area contributed by atoms with Gasteiger partial charge >= 0.3 is 0 Å². The molecule has 25 atom stereocenters. The van der Waals surface area contributed by atoms with Crippen LogP contribution in [0.5, 0.6) is 0 Å². The van der Waals surface area contributed by atoms with Gasteiger partial charge in [-0.2, -0.15) is 0 Å². The van der Waals surface area contributed by atoms with Gasteiger partial charge < -0.3 is 57.7 Å². The molecule has 13 rings (SSSR count). The van der Waals surface area contributed by atoms with E-state index < -0.39 is 0 Å². The smallest absolute Gasteiger partial charge is 0.162 e. The van der Waals surface area contributed by atoms with Crippen molar-refractivity contribution in [3.05, 3.63) is 36.8 Å². The number of ether oxygens (including phenoxy) is 8. The maximum atomic E-state index is 11.6. The maximum Gasteiger partial charge on any atom is 0.162 e. The van der Waals surface area contributed by atoms with Crippen LogP contribution in [0.15, 0.2) is 36.8 Å². The molecule has 10 fully saturated rings. The van der Waals surface area contributed by atoms with Gasteiger partial charge in [0, 0.05) is 57.6 Å². The number of carbonyl (C=O) groups is 3. The third kappa shape index (κ3) is 24.5. The molecule has 13 aliphatic rings. The van der Waals surface area contributed by atoms with Gasteiger partial charge in [-0.15, -0.1) is 0 Å². The Labute approximate surface area is 653 Å². The van der Waals surface area contributed by atoms with E-state index in [9.17, 15) is 19.5 Å². The molecule has 13 nitrogen and oxygen atoms in total. The summed E-state index contributed by atoms with van der Waals surface area (Å²) >= 11 is 0. The molecule has 0 amide bonds. The lowest BCUT2D eigenvalue weighted by Gasteiger charge is -2.52. The van der Waals surface area contributed by atoms with Crippen LogP contribution in [0.3, 0.4) is 0 Å². The molecule has 0 aromatic rings. The lowest BCUT2D eigenvalue weighted by Crippen LogP contribution is -2.52. The second kappa shape index (κ2) is 41.7. The Morgan fingerprint density at radius 2 is 0.766 bits per heavy atom. The summed E-state index contributed by atoms with van der Waals surface area (Å²) in [5.74, 6) is 11.0. The molecular formula is C94H160O13. The standard InChI is InChI=1S/C22H36O3.C20H34O3.C20H32O3.C16H30O2.C16H28O2/c1-16(2)21-10-9-17(3)15-22(21)12-5-8-20(25-22)14-19-7-4-6-18(24-19)11-13-23;2*1-14(2)19-7-6-15(3)13-20(19)9-4-5-17(23-20)12-18-11-16(21)8-10-22-18;2*1-12(2)15-7-6-13(3)11-16(15)9-4-5-14(18-16)8-10-17/h4,6,13,16-21H,5,7-12,14-15H2,1-3H3;8,10,14-19,21H,4-7,9,11-13H2,1-3H3;8,10,14-15,17-19H,4-7,9,11-13H2,1-3H3;12-15,17H,4-11H2,1-3H3;10,12-15H,4-9,11H2,1-3H3/t17-,18+,19-,20+,21+,22?;15-,16?,17+,18-,19+,20?;15-,17+,18?,19+,20?;13-,14?,15+,16?;13-,14+,15+,16?/m11111/s1. The van der Waals surface area contributed by atoms with Gasteiger partial charge in [-0.1, -0.05) is 148 Å². The van der Waals surface area contributed by atoms with E-state index in [0.29, 0.717) is 97.3 Å². The van der Waals surface area contributed by atoms with Gasteiger partial charge in [0.2, 0.25) is 0 Å². The van der Waals surface area contributed by atoms with Crippen LogP contribution in [0.4, 0.5) is 0 Å². The molecule has 5 saturated heterocycles. The summed E-state index contributed by atoms with van der Waals surface area (Å²) in [5, 5.41) is 18.9. The Morgan fingerprint density at radius 3 is 1.13 bits per heavy atom. The van der Waals surface area contributed by atoms with E-state index in [1.807, 2.05) is 6.08 Å². The summed E-state index contributed by atoms with van der Waals surface area (Å²) in [6.45, 7) is 35.7. The number of allylic oxidation sites excluding steroid dienone is 1.